The molecule has 0 spiro atoms. The van der Waals surface area contributed by atoms with E-state index in [1.807, 2.05) is 121 Å². The smallest absolute Gasteiger partial charge is 0.316 e. The fraction of sp³-hybridized carbons (Fsp3) is 0.422. The molecule has 1 aliphatic carbocycles. The third kappa shape index (κ3) is 8.51. The van der Waals surface area contributed by atoms with Crippen LogP contribution in [0.3, 0.4) is 0 Å². The van der Waals surface area contributed by atoms with Gasteiger partial charge in [0.1, 0.15) is 17.6 Å². The highest BCUT2D eigenvalue weighted by Gasteiger charge is 2.44. The van der Waals surface area contributed by atoms with Crippen molar-refractivity contribution in [2.75, 3.05) is 13.2 Å². The predicted molar refractivity (Wildman–Crippen MR) is 206 cm³/mol. The number of urea groups is 1. The van der Waals surface area contributed by atoms with Gasteiger partial charge in [0, 0.05) is 31.0 Å². The molecule has 2 amide bonds. The quantitative estimate of drug-likeness (QED) is 0.109. The molecule has 3 aliphatic rings. The maximum absolute atomic E-state index is 13.7. The molecule has 278 valence electrons. The van der Waals surface area contributed by atoms with Crippen molar-refractivity contribution in [2.24, 2.45) is 5.92 Å². The second-order valence-corrected chi connectivity index (χ2v) is 15.3. The molecular weight excluding hydrogens is 663 g/mol. The van der Waals surface area contributed by atoms with Crippen LogP contribution in [0.1, 0.15) is 92.0 Å². The van der Waals surface area contributed by atoms with Gasteiger partial charge in [-0.2, -0.15) is 0 Å². The van der Waals surface area contributed by atoms with Crippen LogP contribution in [0.15, 0.2) is 121 Å². The number of nitrogens with one attached hydrogen (secondary N) is 2. The number of piperidine rings is 1. The van der Waals surface area contributed by atoms with Gasteiger partial charge in [0.2, 0.25) is 0 Å². The molecule has 0 aromatic heterocycles. The molecule has 2 unspecified atom stereocenters. The topological polar surface area (TPSA) is 111 Å². The van der Waals surface area contributed by atoms with Crippen molar-refractivity contribution in [1.82, 2.24) is 15.5 Å². The minimum absolute atomic E-state index is 0.0736. The molecule has 4 aromatic rings. The van der Waals surface area contributed by atoms with E-state index in [0.29, 0.717) is 29.1 Å². The van der Waals surface area contributed by atoms with Gasteiger partial charge >= 0.3 is 12.0 Å². The molecule has 5 atom stereocenters. The number of amides is 2. The summed E-state index contributed by atoms with van der Waals surface area (Å²) in [5.41, 5.74) is 1.52. The van der Waals surface area contributed by atoms with Crippen LogP contribution in [0.25, 0.3) is 0 Å². The number of ether oxygens (including phenoxy) is 1. The molecule has 2 heterocycles. The minimum atomic E-state index is -1.50. The van der Waals surface area contributed by atoms with E-state index in [9.17, 15) is 19.8 Å². The van der Waals surface area contributed by atoms with E-state index in [-0.39, 0.29) is 30.8 Å². The second kappa shape index (κ2) is 17.1. The van der Waals surface area contributed by atoms with Crippen LogP contribution in [0.5, 0.6) is 0 Å². The summed E-state index contributed by atoms with van der Waals surface area (Å²) in [5, 5.41) is 29.0. The Labute approximate surface area is 313 Å². The van der Waals surface area contributed by atoms with Gasteiger partial charge in [0.25, 0.3) is 0 Å². The zero-order chi connectivity index (χ0) is 36.6. The lowest BCUT2D eigenvalue weighted by Crippen LogP contribution is -2.50. The molecule has 8 nitrogen and oxygen atoms in total. The molecule has 1 saturated carbocycles. The molecule has 4 N–H and O–H groups in total. The number of rotatable bonds is 13. The van der Waals surface area contributed by atoms with Crippen molar-refractivity contribution in [1.29, 1.82) is 0 Å². The summed E-state index contributed by atoms with van der Waals surface area (Å²) in [6.07, 6.45) is 9.01. The summed E-state index contributed by atoms with van der Waals surface area (Å²) in [6.45, 7) is 0.801. The molecule has 2 saturated heterocycles. The lowest BCUT2D eigenvalue weighted by Gasteiger charge is -2.40. The molecule has 4 aromatic carbocycles. The lowest BCUT2D eigenvalue weighted by molar-refractivity contribution is -0.155. The van der Waals surface area contributed by atoms with Gasteiger partial charge in [-0.15, -0.1) is 0 Å². The number of nitrogens with zero attached hydrogens (tertiary/aromatic N) is 1. The number of hydrogen-bond donors (Lipinski definition) is 4. The second-order valence-electron chi connectivity index (χ2n) is 15.3. The van der Waals surface area contributed by atoms with Crippen LogP contribution in [0.4, 0.5) is 4.79 Å². The van der Waals surface area contributed by atoms with Crippen LogP contribution in [0.2, 0.25) is 0 Å². The Bertz CT molecular complexity index is 1700. The first-order valence-corrected chi connectivity index (χ1v) is 19.5. The number of carbonyl (C=O) groups is 2. The Hall–Kier alpha value is -4.50. The van der Waals surface area contributed by atoms with Crippen molar-refractivity contribution in [3.8, 4) is 0 Å². The van der Waals surface area contributed by atoms with E-state index in [2.05, 4.69) is 15.5 Å². The van der Waals surface area contributed by atoms with Gasteiger partial charge in [-0.25, -0.2) is 4.79 Å². The standard InChI is InChI=1S/C45H53N3O5/c49-31-41(33-13-5-1-6-14-33)43(50)53-40-29-38-25-26-39(30-40)48(38)28-27-32-21-23-37(24-22-32)46-44(51)47-42(34-15-7-2-8-16-34)45(52,35-17-9-3-10-18-35)36-19-11-4-12-20-36/h1-20,32,37-42,49,52H,21-31H2,(H2,46,47,51)/t32?,37?,38-,39+,40?,41?,42-/m0/s1. The number of esters is 1. The van der Waals surface area contributed by atoms with Crippen LogP contribution in [-0.2, 0) is 15.1 Å². The SMILES string of the molecule is O=C(NC1CCC(CCN2[C@@H]3CC[C@H]2CC(OC(=O)C(CO)c2ccccc2)C3)CC1)N[C@@H](c1ccccc1)C(O)(c1ccccc1)c1ccccc1. The summed E-state index contributed by atoms with van der Waals surface area (Å²) < 4.78 is 6.00. The molecule has 2 bridgehead atoms. The first-order chi connectivity index (χ1) is 25.9. The molecular formula is C45H53N3O5. The maximum atomic E-state index is 13.7. The van der Waals surface area contributed by atoms with E-state index in [0.717, 1.165) is 75.5 Å². The Balaban J connectivity index is 0.912. The monoisotopic (exact) mass is 715 g/mol. The molecule has 2 aliphatic heterocycles. The van der Waals surface area contributed by atoms with Crippen molar-refractivity contribution >= 4 is 12.0 Å². The van der Waals surface area contributed by atoms with Crippen LogP contribution in [-0.4, -0.2) is 64.5 Å². The van der Waals surface area contributed by atoms with Crippen molar-refractivity contribution in [2.45, 2.75) is 99.6 Å². The Morgan fingerprint density at radius 1 is 0.717 bits per heavy atom. The van der Waals surface area contributed by atoms with Crippen LogP contribution < -0.4 is 10.6 Å². The fourth-order valence-electron chi connectivity index (χ4n) is 9.18. The first kappa shape index (κ1) is 36.8. The van der Waals surface area contributed by atoms with Crippen LogP contribution in [0, 0.1) is 5.92 Å². The Morgan fingerprint density at radius 2 is 1.23 bits per heavy atom. The Kier molecular flexibility index (Phi) is 11.9. The maximum Gasteiger partial charge on any atom is 0.316 e. The molecule has 53 heavy (non-hydrogen) atoms. The largest absolute Gasteiger partial charge is 0.462 e. The van der Waals surface area contributed by atoms with Gasteiger partial charge in [-0.1, -0.05) is 121 Å². The summed E-state index contributed by atoms with van der Waals surface area (Å²) in [6, 6.07) is 38.2. The third-order valence-corrected chi connectivity index (χ3v) is 12.0. The van der Waals surface area contributed by atoms with E-state index < -0.39 is 17.6 Å². The zero-order valence-corrected chi connectivity index (χ0v) is 30.4. The minimum Gasteiger partial charge on any atom is -0.462 e. The predicted octanol–water partition coefficient (Wildman–Crippen LogP) is 7.23. The zero-order valence-electron chi connectivity index (χ0n) is 30.4. The number of hydrogen-bond acceptors (Lipinski definition) is 6. The average molecular weight is 716 g/mol. The third-order valence-electron chi connectivity index (χ3n) is 12.0. The number of aliphatic hydroxyl groups excluding tert-OH is 1. The highest BCUT2D eigenvalue weighted by Crippen LogP contribution is 2.42. The van der Waals surface area contributed by atoms with Crippen molar-refractivity contribution in [3.05, 3.63) is 144 Å². The summed E-state index contributed by atoms with van der Waals surface area (Å²) >= 11 is 0. The molecule has 0 radical (unpaired) electrons. The van der Waals surface area contributed by atoms with Crippen LogP contribution >= 0.6 is 0 Å². The van der Waals surface area contributed by atoms with Crippen molar-refractivity contribution < 1.29 is 24.5 Å². The summed E-state index contributed by atoms with van der Waals surface area (Å²) in [7, 11) is 0. The van der Waals surface area contributed by atoms with Crippen molar-refractivity contribution in [3.63, 3.8) is 0 Å². The number of benzene rings is 4. The normalized spacial score (nSPS) is 24.2. The molecule has 8 heteroatoms. The number of carbonyl (C=O) groups excluding carboxylic acids is 2. The van der Waals surface area contributed by atoms with E-state index in [1.165, 1.54) is 0 Å². The Morgan fingerprint density at radius 3 is 1.75 bits per heavy atom. The van der Waals surface area contributed by atoms with Gasteiger partial charge in [-0.3, -0.25) is 9.69 Å². The number of fused-ring (bicyclic) bond motifs is 2. The van der Waals surface area contributed by atoms with Gasteiger partial charge in [0.05, 0.1) is 12.6 Å². The van der Waals surface area contributed by atoms with Gasteiger partial charge in [0.15, 0.2) is 0 Å². The van der Waals surface area contributed by atoms with E-state index in [4.69, 9.17) is 4.74 Å². The summed E-state index contributed by atoms with van der Waals surface area (Å²) in [4.78, 5) is 29.4. The van der Waals surface area contributed by atoms with Gasteiger partial charge in [-0.05, 0) is 79.7 Å². The van der Waals surface area contributed by atoms with E-state index >= 15 is 0 Å². The number of aliphatic hydroxyl groups is 2. The van der Waals surface area contributed by atoms with E-state index in [1.54, 1.807) is 0 Å². The molecule has 7 rings (SSSR count). The fourth-order valence-corrected chi connectivity index (χ4v) is 9.18. The molecule has 3 fully saturated rings. The average Bonchev–Trinajstić information content (AvgIpc) is 3.45. The lowest BCUT2D eigenvalue weighted by atomic mass is 9.77. The summed E-state index contributed by atoms with van der Waals surface area (Å²) in [5.74, 6) is -0.352. The highest BCUT2D eigenvalue weighted by atomic mass is 16.5. The van der Waals surface area contributed by atoms with Gasteiger partial charge < -0.3 is 25.6 Å². The highest BCUT2D eigenvalue weighted by molar-refractivity contribution is 5.78. The first-order valence-electron chi connectivity index (χ1n) is 19.5.